The lowest BCUT2D eigenvalue weighted by atomic mass is 9.96. The Morgan fingerprint density at radius 3 is 2.47 bits per heavy atom. The minimum atomic E-state index is -1.12. The van der Waals surface area contributed by atoms with Crippen LogP contribution >= 0.6 is 0 Å². The zero-order valence-corrected chi connectivity index (χ0v) is 8.37. The van der Waals surface area contributed by atoms with Gasteiger partial charge in [0, 0.05) is 12.4 Å². The van der Waals surface area contributed by atoms with E-state index in [9.17, 15) is 9.59 Å². The number of nitrogens with zero attached hydrogens (tertiary/aromatic N) is 2. The topological polar surface area (TPSA) is 84.0 Å². The maximum Gasteiger partial charge on any atom is 0.322 e. The Hall–Kier alpha value is -1.98. The van der Waals surface area contributed by atoms with Gasteiger partial charge in [0.2, 0.25) is 0 Å². The Labute approximate surface area is 86.1 Å². The van der Waals surface area contributed by atoms with Gasteiger partial charge in [0.1, 0.15) is 0 Å². The highest BCUT2D eigenvalue weighted by Crippen LogP contribution is 2.23. The molecule has 1 aromatic rings. The molecule has 2 heterocycles. The summed E-state index contributed by atoms with van der Waals surface area (Å²) in [5.41, 5.74) is -0.0270. The largest absolute Gasteiger partial charge is 0.322 e. The molecule has 1 aliphatic rings. The quantitative estimate of drug-likeness (QED) is 0.625. The summed E-state index contributed by atoms with van der Waals surface area (Å²) < 4.78 is 0. The molecule has 0 aliphatic carbocycles. The second kappa shape index (κ2) is 3.01. The highest BCUT2D eigenvalue weighted by molar-refractivity contribution is 6.07. The van der Waals surface area contributed by atoms with Gasteiger partial charge >= 0.3 is 6.03 Å². The average molecular weight is 206 g/mol. The Bertz CT molecular complexity index is 445. The maximum atomic E-state index is 11.6. The summed E-state index contributed by atoms with van der Waals surface area (Å²) in [6, 6.07) is -0.507. The van der Waals surface area contributed by atoms with Gasteiger partial charge in [-0.3, -0.25) is 20.1 Å². The molecule has 1 unspecified atom stereocenters. The normalized spacial score (nSPS) is 24.9. The summed E-state index contributed by atoms with van der Waals surface area (Å²) in [5, 5.41) is 4.71. The van der Waals surface area contributed by atoms with Gasteiger partial charge < -0.3 is 5.32 Å². The smallest absolute Gasteiger partial charge is 0.318 e. The molecule has 1 aromatic heterocycles. The number of hydrogen-bond acceptors (Lipinski definition) is 4. The number of rotatable bonds is 1. The summed E-state index contributed by atoms with van der Waals surface area (Å²) in [6.45, 7) is 3.34. The van der Waals surface area contributed by atoms with Crippen LogP contribution in [0.3, 0.4) is 0 Å². The van der Waals surface area contributed by atoms with Crippen molar-refractivity contribution in [2.75, 3.05) is 0 Å². The SMILES string of the molecule is Cc1nccnc1C1(C)NC(=O)NC1=O. The molecule has 0 saturated carbocycles. The molecule has 0 bridgehead atoms. The lowest BCUT2D eigenvalue weighted by Crippen LogP contribution is -2.42. The molecule has 78 valence electrons. The van der Waals surface area contributed by atoms with Crippen LogP contribution < -0.4 is 10.6 Å². The fourth-order valence-electron chi connectivity index (χ4n) is 1.61. The summed E-state index contributed by atoms with van der Waals surface area (Å²) in [7, 11) is 0. The van der Waals surface area contributed by atoms with Crippen molar-refractivity contribution in [2.24, 2.45) is 0 Å². The zero-order valence-electron chi connectivity index (χ0n) is 8.37. The van der Waals surface area contributed by atoms with E-state index >= 15 is 0 Å². The van der Waals surface area contributed by atoms with Gasteiger partial charge in [0.15, 0.2) is 5.54 Å². The molecule has 3 amide bonds. The number of aryl methyl sites for hydroxylation is 1. The first-order valence-electron chi connectivity index (χ1n) is 4.46. The molecule has 2 N–H and O–H groups in total. The van der Waals surface area contributed by atoms with Crippen molar-refractivity contribution in [1.29, 1.82) is 0 Å². The van der Waals surface area contributed by atoms with Crippen LogP contribution in [0.15, 0.2) is 12.4 Å². The second-order valence-corrected chi connectivity index (χ2v) is 3.52. The molecule has 0 spiro atoms. The fraction of sp³-hybridized carbons (Fsp3) is 0.333. The predicted octanol–water partition coefficient (Wildman–Crippen LogP) is -0.160. The van der Waals surface area contributed by atoms with E-state index in [1.54, 1.807) is 13.8 Å². The van der Waals surface area contributed by atoms with Crippen molar-refractivity contribution in [3.63, 3.8) is 0 Å². The molecule has 1 saturated heterocycles. The number of carbonyl (C=O) groups excluding carboxylic acids is 2. The molecule has 1 atom stereocenters. The van der Waals surface area contributed by atoms with Gasteiger partial charge in [-0.15, -0.1) is 0 Å². The first-order chi connectivity index (χ1) is 7.04. The first-order valence-corrected chi connectivity index (χ1v) is 4.46. The predicted molar refractivity (Wildman–Crippen MR) is 50.8 cm³/mol. The van der Waals surface area contributed by atoms with Crippen molar-refractivity contribution in [3.05, 3.63) is 23.8 Å². The summed E-state index contributed by atoms with van der Waals surface area (Å²) >= 11 is 0. The van der Waals surface area contributed by atoms with E-state index in [1.807, 2.05) is 0 Å². The van der Waals surface area contributed by atoms with Crippen molar-refractivity contribution in [1.82, 2.24) is 20.6 Å². The molecule has 0 aromatic carbocycles. The number of nitrogens with one attached hydrogen (secondary N) is 2. The summed E-state index contributed by atoms with van der Waals surface area (Å²) in [4.78, 5) is 30.8. The van der Waals surface area contributed by atoms with Crippen LogP contribution in [0.25, 0.3) is 0 Å². The number of hydrogen-bond donors (Lipinski definition) is 2. The molecule has 15 heavy (non-hydrogen) atoms. The van der Waals surface area contributed by atoms with Crippen LogP contribution in [-0.4, -0.2) is 21.9 Å². The van der Waals surface area contributed by atoms with Crippen LogP contribution in [0, 0.1) is 6.92 Å². The van der Waals surface area contributed by atoms with Gasteiger partial charge in [-0.1, -0.05) is 0 Å². The van der Waals surface area contributed by atoms with Gasteiger partial charge in [-0.05, 0) is 13.8 Å². The van der Waals surface area contributed by atoms with E-state index < -0.39 is 17.5 Å². The minimum absolute atomic E-state index is 0.406. The minimum Gasteiger partial charge on any atom is -0.318 e. The highest BCUT2D eigenvalue weighted by atomic mass is 16.2. The third kappa shape index (κ3) is 1.34. The number of urea groups is 1. The van der Waals surface area contributed by atoms with E-state index in [-0.39, 0.29) is 0 Å². The van der Waals surface area contributed by atoms with Crippen molar-refractivity contribution in [3.8, 4) is 0 Å². The molecule has 6 nitrogen and oxygen atoms in total. The van der Waals surface area contributed by atoms with E-state index in [4.69, 9.17) is 0 Å². The standard InChI is InChI=1S/C9H10N4O2/c1-5-6(11-4-3-10-5)9(2)7(14)12-8(15)13-9/h3-4H,1-2H3,(H2,12,13,14,15). The van der Waals surface area contributed by atoms with E-state index in [1.165, 1.54) is 12.4 Å². The highest BCUT2D eigenvalue weighted by Gasteiger charge is 2.45. The molecule has 2 rings (SSSR count). The van der Waals surface area contributed by atoms with Gasteiger partial charge in [-0.25, -0.2) is 4.79 Å². The first kappa shape index (κ1) is 9.57. The fourth-order valence-corrected chi connectivity index (χ4v) is 1.61. The van der Waals surface area contributed by atoms with Crippen molar-refractivity contribution in [2.45, 2.75) is 19.4 Å². The van der Waals surface area contributed by atoms with Crippen LogP contribution in [0.1, 0.15) is 18.3 Å². The summed E-state index contributed by atoms with van der Waals surface area (Å²) in [6.07, 6.45) is 3.03. The number of imide groups is 1. The lowest BCUT2D eigenvalue weighted by molar-refractivity contribution is -0.123. The average Bonchev–Trinajstić information content (AvgIpc) is 2.42. The Balaban J connectivity index is 2.51. The summed E-state index contributed by atoms with van der Waals surface area (Å²) in [5.74, 6) is -0.406. The van der Waals surface area contributed by atoms with Crippen LogP contribution in [0.5, 0.6) is 0 Å². The Morgan fingerprint density at radius 2 is 1.93 bits per heavy atom. The van der Waals surface area contributed by atoms with Crippen molar-refractivity contribution < 1.29 is 9.59 Å². The maximum absolute atomic E-state index is 11.6. The number of carbonyl (C=O) groups is 2. The molecule has 1 aliphatic heterocycles. The molecule has 6 heteroatoms. The number of aromatic nitrogens is 2. The van der Waals surface area contributed by atoms with Gasteiger partial charge in [-0.2, -0.15) is 0 Å². The van der Waals surface area contributed by atoms with Crippen LogP contribution in [-0.2, 0) is 10.3 Å². The lowest BCUT2D eigenvalue weighted by Gasteiger charge is -2.20. The zero-order chi connectivity index (χ0) is 11.1. The Morgan fingerprint density at radius 1 is 1.27 bits per heavy atom. The van der Waals surface area contributed by atoms with Gasteiger partial charge in [0.25, 0.3) is 5.91 Å². The Kier molecular flexibility index (Phi) is 1.92. The van der Waals surface area contributed by atoms with Crippen LogP contribution in [0.4, 0.5) is 4.79 Å². The monoisotopic (exact) mass is 206 g/mol. The molecular formula is C9H10N4O2. The van der Waals surface area contributed by atoms with E-state index in [2.05, 4.69) is 20.6 Å². The second-order valence-electron chi connectivity index (χ2n) is 3.52. The van der Waals surface area contributed by atoms with Crippen molar-refractivity contribution >= 4 is 11.9 Å². The molecule has 1 fully saturated rings. The van der Waals surface area contributed by atoms with E-state index in [0.29, 0.717) is 11.4 Å². The number of amides is 3. The van der Waals surface area contributed by atoms with Gasteiger partial charge in [0.05, 0.1) is 11.4 Å². The third-order valence-electron chi connectivity index (χ3n) is 2.40. The molecular weight excluding hydrogens is 196 g/mol. The van der Waals surface area contributed by atoms with E-state index in [0.717, 1.165) is 0 Å². The third-order valence-corrected chi connectivity index (χ3v) is 2.40. The molecule has 0 radical (unpaired) electrons. The van der Waals surface area contributed by atoms with Crippen LogP contribution in [0.2, 0.25) is 0 Å².